The number of hydrogen-bond acceptors (Lipinski definition) is 7. The Hall–Kier alpha value is -3.49. The molecule has 4 rings (SSSR count). The third-order valence-corrected chi connectivity index (χ3v) is 5.78. The molecule has 1 aliphatic heterocycles. The number of hydrogen-bond donors (Lipinski definition) is 1. The minimum Gasteiger partial charge on any atom is -0.463 e. The summed E-state index contributed by atoms with van der Waals surface area (Å²) in [5, 5.41) is 11.5. The van der Waals surface area contributed by atoms with Gasteiger partial charge in [0.2, 0.25) is 5.91 Å². The summed E-state index contributed by atoms with van der Waals surface area (Å²) in [6.07, 6.45) is 4.64. The second kappa shape index (κ2) is 9.11. The fourth-order valence-electron chi connectivity index (χ4n) is 3.70. The predicted molar refractivity (Wildman–Crippen MR) is 116 cm³/mol. The molecule has 1 aliphatic rings. The van der Waals surface area contributed by atoms with Gasteiger partial charge in [0.05, 0.1) is 12.6 Å². The van der Waals surface area contributed by atoms with Gasteiger partial charge in [0.15, 0.2) is 11.6 Å². The summed E-state index contributed by atoms with van der Waals surface area (Å²) in [5.41, 5.74) is 2.01. The Bertz CT molecular complexity index is 1080. The Morgan fingerprint density at radius 3 is 2.68 bits per heavy atom. The van der Waals surface area contributed by atoms with Gasteiger partial charge in [-0.15, -0.1) is 10.2 Å². The van der Waals surface area contributed by atoms with Crippen LogP contribution in [0.1, 0.15) is 24.1 Å². The molecule has 9 heteroatoms. The Balaban J connectivity index is 1.25. The van der Waals surface area contributed by atoms with E-state index in [1.54, 1.807) is 13.2 Å². The van der Waals surface area contributed by atoms with E-state index in [0.29, 0.717) is 30.1 Å². The number of nitrogens with zero attached hydrogens (tertiary/aromatic N) is 5. The normalized spacial score (nSPS) is 14.6. The van der Waals surface area contributed by atoms with Crippen molar-refractivity contribution in [1.29, 1.82) is 0 Å². The summed E-state index contributed by atoms with van der Waals surface area (Å²) in [6.45, 7) is 5.88. The standard InChI is InChI=1S/C22H26N6O3/c1-15-16(2)24-14-28(22(15)30)12-9-23-21(29)17-7-10-27(11-8-17)20-6-5-18(25-26-20)19-4-3-13-31-19/h3-6,13-14,17H,7-12H2,1-2H3,(H,23,29). The van der Waals surface area contributed by atoms with E-state index in [9.17, 15) is 9.59 Å². The van der Waals surface area contributed by atoms with E-state index in [1.165, 1.54) is 10.9 Å². The van der Waals surface area contributed by atoms with Gasteiger partial charge in [-0.3, -0.25) is 14.2 Å². The lowest BCUT2D eigenvalue weighted by Crippen LogP contribution is -2.42. The molecule has 9 nitrogen and oxygen atoms in total. The van der Waals surface area contributed by atoms with Gasteiger partial charge in [-0.2, -0.15) is 0 Å². The first-order chi connectivity index (χ1) is 15.0. The molecule has 0 bridgehead atoms. The van der Waals surface area contributed by atoms with E-state index in [1.807, 2.05) is 31.2 Å². The maximum atomic E-state index is 12.5. The number of carbonyl (C=O) groups excluding carboxylic acids is 1. The number of carbonyl (C=O) groups is 1. The van der Waals surface area contributed by atoms with E-state index in [0.717, 1.165) is 37.4 Å². The molecule has 162 valence electrons. The summed E-state index contributed by atoms with van der Waals surface area (Å²) in [5.74, 6) is 1.48. The van der Waals surface area contributed by atoms with Crippen molar-refractivity contribution in [3.05, 3.63) is 58.5 Å². The first-order valence-electron chi connectivity index (χ1n) is 10.5. The van der Waals surface area contributed by atoms with Crippen molar-refractivity contribution in [3.63, 3.8) is 0 Å². The maximum Gasteiger partial charge on any atom is 0.256 e. The predicted octanol–water partition coefficient (Wildman–Crippen LogP) is 1.94. The average molecular weight is 422 g/mol. The van der Waals surface area contributed by atoms with Crippen molar-refractivity contribution in [3.8, 4) is 11.5 Å². The zero-order valence-electron chi connectivity index (χ0n) is 17.7. The molecule has 0 aliphatic carbocycles. The summed E-state index contributed by atoms with van der Waals surface area (Å²) < 4.78 is 6.88. The number of amides is 1. The van der Waals surface area contributed by atoms with Crippen molar-refractivity contribution >= 4 is 11.7 Å². The number of furan rings is 1. The fourth-order valence-corrected chi connectivity index (χ4v) is 3.70. The van der Waals surface area contributed by atoms with E-state index in [-0.39, 0.29) is 17.4 Å². The van der Waals surface area contributed by atoms with Gasteiger partial charge < -0.3 is 14.6 Å². The van der Waals surface area contributed by atoms with Crippen LogP contribution in [0, 0.1) is 19.8 Å². The van der Waals surface area contributed by atoms with Crippen LogP contribution in [0.5, 0.6) is 0 Å². The monoisotopic (exact) mass is 422 g/mol. The lowest BCUT2D eigenvalue weighted by Gasteiger charge is -2.31. The third kappa shape index (κ3) is 4.65. The molecule has 4 heterocycles. The highest BCUT2D eigenvalue weighted by atomic mass is 16.3. The number of aromatic nitrogens is 4. The molecule has 1 saturated heterocycles. The zero-order valence-corrected chi connectivity index (χ0v) is 17.7. The molecule has 1 amide bonds. The Kier molecular flexibility index (Phi) is 6.11. The van der Waals surface area contributed by atoms with E-state index >= 15 is 0 Å². The van der Waals surface area contributed by atoms with Gasteiger partial charge in [0, 0.05) is 43.4 Å². The minimum absolute atomic E-state index is 0.0312. The van der Waals surface area contributed by atoms with Gasteiger partial charge >= 0.3 is 0 Å². The smallest absolute Gasteiger partial charge is 0.256 e. The molecular weight excluding hydrogens is 396 g/mol. The van der Waals surface area contributed by atoms with Crippen LogP contribution in [-0.4, -0.2) is 45.3 Å². The molecule has 0 spiro atoms. The lowest BCUT2D eigenvalue weighted by molar-refractivity contribution is -0.125. The van der Waals surface area contributed by atoms with Gasteiger partial charge in [0.1, 0.15) is 5.69 Å². The van der Waals surface area contributed by atoms with Gasteiger partial charge in [-0.25, -0.2) is 4.98 Å². The summed E-state index contributed by atoms with van der Waals surface area (Å²) in [4.78, 5) is 31.1. The van der Waals surface area contributed by atoms with Crippen LogP contribution in [0.3, 0.4) is 0 Å². The SMILES string of the molecule is Cc1ncn(CCNC(=O)C2CCN(c3ccc(-c4ccco4)nn3)CC2)c(=O)c1C. The van der Waals surface area contributed by atoms with Gasteiger partial charge in [-0.05, 0) is 51.0 Å². The fraction of sp³-hybridized carbons (Fsp3) is 0.409. The van der Waals surface area contributed by atoms with Crippen LogP contribution < -0.4 is 15.8 Å². The molecule has 3 aromatic rings. The second-order valence-electron chi connectivity index (χ2n) is 7.76. The largest absolute Gasteiger partial charge is 0.463 e. The first-order valence-corrected chi connectivity index (χ1v) is 10.5. The molecule has 0 radical (unpaired) electrons. The number of piperidine rings is 1. The van der Waals surface area contributed by atoms with Crippen molar-refractivity contribution < 1.29 is 9.21 Å². The molecular formula is C22H26N6O3. The zero-order chi connectivity index (χ0) is 21.8. The molecule has 3 aromatic heterocycles. The molecule has 0 aromatic carbocycles. The Morgan fingerprint density at radius 1 is 1.19 bits per heavy atom. The first kappa shape index (κ1) is 20.8. The minimum atomic E-state index is -0.0609. The molecule has 1 fully saturated rings. The lowest BCUT2D eigenvalue weighted by atomic mass is 9.96. The molecule has 0 atom stereocenters. The van der Waals surface area contributed by atoms with Crippen LogP contribution in [0.15, 0.2) is 46.1 Å². The third-order valence-electron chi connectivity index (χ3n) is 5.78. The van der Waals surface area contributed by atoms with Gasteiger partial charge in [0.25, 0.3) is 5.56 Å². The van der Waals surface area contributed by atoms with Crippen molar-refractivity contribution in [1.82, 2.24) is 25.1 Å². The Morgan fingerprint density at radius 2 is 2.00 bits per heavy atom. The number of aryl methyl sites for hydroxylation is 1. The number of nitrogens with one attached hydrogen (secondary N) is 1. The number of anilines is 1. The molecule has 0 saturated carbocycles. The highest BCUT2D eigenvalue weighted by molar-refractivity contribution is 5.78. The summed E-state index contributed by atoms with van der Waals surface area (Å²) >= 11 is 0. The summed E-state index contributed by atoms with van der Waals surface area (Å²) in [6, 6.07) is 7.49. The van der Waals surface area contributed by atoms with E-state index in [2.05, 4.69) is 25.4 Å². The Labute approximate surface area is 180 Å². The van der Waals surface area contributed by atoms with Crippen molar-refractivity contribution in [2.45, 2.75) is 33.2 Å². The van der Waals surface area contributed by atoms with Crippen molar-refractivity contribution in [2.24, 2.45) is 5.92 Å². The quantitative estimate of drug-likeness (QED) is 0.647. The maximum absolute atomic E-state index is 12.5. The molecule has 1 N–H and O–H groups in total. The van der Waals surface area contributed by atoms with Crippen LogP contribution in [0.4, 0.5) is 5.82 Å². The molecule has 31 heavy (non-hydrogen) atoms. The van der Waals surface area contributed by atoms with Crippen LogP contribution in [-0.2, 0) is 11.3 Å². The van der Waals surface area contributed by atoms with E-state index in [4.69, 9.17) is 4.42 Å². The van der Waals surface area contributed by atoms with Crippen LogP contribution in [0.2, 0.25) is 0 Å². The van der Waals surface area contributed by atoms with Crippen molar-refractivity contribution in [2.75, 3.05) is 24.5 Å². The highest BCUT2D eigenvalue weighted by Gasteiger charge is 2.25. The van der Waals surface area contributed by atoms with E-state index < -0.39 is 0 Å². The number of rotatable bonds is 6. The highest BCUT2D eigenvalue weighted by Crippen LogP contribution is 2.23. The van der Waals surface area contributed by atoms with Crippen LogP contribution >= 0.6 is 0 Å². The molecule has 0 unspecified atom stereocenters. The van der Waals surface area contributed by atoms with Crippen LogP contribution in [0.25, 0.3) is 11.5 Å². The second-order valence-corrected chi connectivity index (χ2v) is 7.76. The summed E-state index contributed by atoms with van der Waals surface area (Å²) in [7, 11) is 0. The topological polar surface area (TPSA) is 106 Å². The average Bonchev–Trinajstić information content (AvgIpc) is 3.34. The van der Waals surface area contributed by atoms with Gasteiger partial charge in [-0.1, -0.05) is 0 Å².